The molecule has 3 aromatic rings. The minimum atomic E-state index is -0.309. The van der Waals surface area contributed by atoms with Gasteiger partial charge < -0.3 is 5.32 Å². The Kier molecular flexibility index (Phi) is 5.07. The van der Waals surface area contributed by atoms with Crippen molar-refractivity contribution in [1.82, 2.24) is 19.9 Å². The first-order chi connectivity index (χ1) is 12.0. The summed E-state index contributed by atoms with van der Waals surface area (Å²) in [6.45, 7) is 4.20. The Morgan fingerprint density at radius 3 is 2.64 bits per heavy atom. The number of pyridine rings is 1. The van der Waals surface area contributed by atoms with E-state index < -0.39 is 0 Å². The number of carbonyl (C=O) groups is 1. The Hall–Kier alpha value is -2.76. The molecule has 1 amide bonds. The zero-order chi connectivity index (χ0) is 17.8. The van der Waals surface area contributed by atoms with Crippen molar-refractivity contribution in [1.29, 1.82) is 0 Å². The van der Waals surface area contributed by atoms with Gasteiger partial charge in [-0.25, -0.2) is 4.39 Å². The van der Waals surface area contributed by atoms with Gasteiger partial charge in [0.25, 0.3) is 0 Å². The Morgan fingerprint density at radius 2 is 1.92 bits per heavy atom. The van der Waals surface area contributed by atoms with Crippen LogP contribution in [0.4, 0.5) is 4.39 Å². The first kappa shape index (κ1) is 17.1. The molecule has 0 aliphatic rings. The van der Waals surface area contributed by atoms with Crippen LogP contribution in [0.25, 0.3) is 5.65 Å². The summed E-state index contributed by atoms with van der Waals surface area (Å²) in [5.41, 5.74) is 1.52. The molecule has 130 valence electrons. The molecule has 0 aliphatic carbocycles. The highest BCUT2D eigenvalue weighted by atomic mass is 19.1. The van der Waals surface area contributed by atoms with E-state index >= 15 is 0 Å². The second-order valence-electron chi connectivity index (χ2n) is 6.54. The number of benzene rings is 1. The van der Waals surface area contributed by atoms with Crippen molar-refractivity contribution in [3.05, 3.63) is 65.9 Å². The Bertz CT molecular complexity index is 857. The lowest BCUT2D eigenvalue weighted by atomic mass is 10.0. The van der Waals surface area contributed by atoms with Gasteiger partial charge in [0, 0.05) is 6.20 Å². The summed E-state index contributed by atoms with van der Waals surface area (Å²) >= 11 is 0. The van der Waals surface area contributed by atoms with E-state index in [-0.39, 0.29) is 24.2 Å². The van der Waals surface area contributed by atoms with Gasteiger partial charge in [0.05, 0.1) is 12.5 Å². The van der Waals surface area contributed by atoms with Crippen molar-refractivity contribution < 1.29 is 9.18 Å². The van der Waals surface area contributed by atoms with Gasteiger partial charge in [-0.3, -0.25) is 9.20 Å². The Balaban J connectivity index is 1.79. The molecule has 0 saturated carbocycles. The largest absolute Gasteiger partial charge is 0.346 e. The van der Waals surface area contributed by atoms with E-state index in [9.17, 15) is 9.18 Å². The molecule has 0 radical (unpaired) electrons. The number of aromatic nitrogens is 3. The van der Waals surface area contributed by atoms with E-state index in [2.05, 4.69) is 29.4 Å². The van der Waals surface area contributed by atoms with Crippen LogP contribution in [0.3, 0.4) is 0 Å². The van der Waals surface area contributed by atoms with E-state index in [1.165, 1.54) is 12.1 Å². The normalized spacial score (nSPS) is 12.5. The van der Waals surface area contributed by atoms with Crippen LogP contribution in [0.1, 0.15) is 37.7 Å². The molecule has 1 aromatic carbocycles. The fourth-order valence-electron chi connectivity index (χ4n) is 2.83. The zero-order valence-corrected chi connectivity index (χ0v) is 14.3. The van der Waals surface area contributed by atoms with E-state index in [0.29, 0.717) is 5.92 Å². The lowest BCUT2D eigenvalue weighted by Gasteiger charge is -2.19. The van der Waals surface area contributed by atoms with Gasteiger partial charge in [-0.2, -0.15) is 0 Å². The molecule has 0 fully saturated rings. The van der Waals surface area contributed by atoms with Gasteiger partial charge in [0.1, 0.15) is 5.82 Å². The van der Waals surface area contributed by atoms with Crippen molar-refractivity contribution in [2.45, 2.75) is 32.7 Å². The monoisotopic (exact) mass is 340 g/mol. The van der Waals surface area contributed by atoms with Crippen LogP contribution in [-0.2, 0) is 11.2 Å². The Labute approximate surface area is 145 Å². The number of halogens is 1. The van der Waals surface area contributed by atoms with Crippen LogP contribution in [0.15, 0.2) is 48.7 Å². The first-order valence-corrected chi connectivity index (χ1v) is 8.36. The summed E-state index contributed by atoms with van der Waals surface area (Å²) in [7, 11) is 0. The van der Waals surface area contributed by atoms with E-state index in [0.717, 1.165) is 23.5 Å². The van der Waals surface area contributed by atoms with Crippen LogP contribution in [0.5, 0.6) is 0 Å². The summed E-state index contributed by atoms with van der Waals surface area (Å²) in [6.07, 6.45) is 2.85. The predicted molar refractivity (Wildman–Crippen MR) is 93.4 cm³/mol. The van der Waals surface area contributed by atoms with Crippen LogP contribution < -0.4 is 5.32 Å². The lowest BCUT2D eigenvalue weighted by molar-refractivity contribution is -0.121. The molecule has 0 saturated heterocycles. The third-order valence-electron chi connectivity index (χ3n) is 3.97. The predicted octanol–water partition coefficient (Wildman–Crippen LogP) is 3.31. The van der Waals surface area contributed by atoms with Crippen molar-refractivity contribution in [3.63, 3.8) is 0 Å². The summed E-state index contributed by atoms with van der Waals surface area (Å²) < 4.78 is 14.9. The maximum absolute atomic E-state index is 13.0. The third-order valence-corrected chi connectivity index (χ3v) is 3.97. The molecule has 0 bridgehead atoms. The summed E-state index contributed by atoms with van der Waals surface area (Å²) in [6, 6.07) is 11.4. The number of rotatable bonds is 6. The smallest absolute Gasteiger partial charge is 0.225 e. The number of amides is 1. The first-order valence-electron chi connectivity index (χ1n) is 8.36. The van der Waals surface area contributed by atoms with Crippen LogP contribution in [-0.4, -0.2) is 20.5 Å². The summed E-state index contributed by atoms with van der Waals surface area (Å²) in [4.78, 5) is 12.5. The van der Waals surface area contributed by atoms with Gasteiger partial charge in [0.15, 0.2) is 11.5 Å². The van der Waals surface area contributed by atoms with Crippen LogP contribution >= 0.6 is 0 Å². The molecule has 25 heavy (non-hydrogen) atoms. The minimum Gasteiger partial charge on any atom is -0.346 e. The molecule has 0 aliphatic heterocycles. The maximum Gasteiger partial charge on any atom is 0.225 e. The van der Waals surface area contributed by atoms with Gasteiger partial charge >= 0.3 is 0 Å². The molecule has 5 nitrogen and oxygen atoms in total. The van der Waals surface area contributed by atoms with Crippen molar-refractivity contribution in [3.8, 4) is 0 Å². The van der Waals surface area contributed by atoms with Crippen LogP contribution in [0.2, 0.25) is 0 Å². The molecule has 6 heteroatoms. The van der Waals surface area contributed by atoms with E-state index in [4.69, 9.17) is 0 Å². The van der Waals surface area contributed by atoms with E-state index in [1.54, 1.807) is 12.1 Å². The summed E-state index contributed by atoms with van der Waals surface area (Å²) in [5.74, 6) is 0.672. The van der Waals surface area contributed by atoms with Gasteiger partial charge in [-0.15, -0.1) is 10.2 Å². The highest BCUT2D eigenvalue weighted by molar-refractivity contribution is 5.78. The number of nitrogens with one attached hydrogen (secondary N) is 1. The second kappa shape index (κ2) is 7.42. The third kappa shape index (κ3) is 4.21. The average molecular weight is 340 g/mol. The number of hydrogen-bond donors (Lipinski definition) is 1. The number of fused-ring (bicyclic) bond motifs is 1. The molecule has 1 atom stereocenters. The van der Waals surface area contributed by atoms with Crippen LogP contribution in [0, 0.1) is 11.7 Å². The van der Waals surface area contributed by atoms with E-state index in [1.807, 2.05) is 28.8 Å². The fourth-order valence-corrected chi connectivity index (χ4v) is 2.83. The van der Waals surface area contributed by atoms with Crippen molar-refractivity contribution in [2.75, 3.05) is 0 Å². The molecule has 0 spiro atoms. The molecule has 2 heterocycles. The van der Waals surface area contributed by atoms with Gasteiger partial charge in [-0.05, 0) is 42.2 Å². The summed E-state index contributed by atoms with van der Waals surface area (Å²) in [5, 5.41) is 11.5. The molecule has 1 unspecified atom stereocenters. The average Bonchev–Trinajstić information content (AvgIpc) is 3.00. The fraction of sp³-hybridized carbons (Fsp3) is 0.316. The van der Waals surface area contributed by atoms with Crippen molar-refractivity contribution in [2.24, 2.45) is 5.92 Å². The Morgan fingerprint density at radius 1 is 1.16 bits per heavy atom. The zero-order valence-electron chi connectivity index (χ0n) is 14.3. The highest BCUT2D eigenvalue weighted by Crippen LogP contribution is 2.21. The molecular formula is C19H21FN4O. The molecule has 3 rings (SSSR count). The molecule has 2 aromatic heterocycles. The molecule has 1 N–H and O–H groups in total. The van der Waals surface area contributed by atoms with Gasteiger partial charge in [0.2, 0.25) is 5.91 Å². The highest BCUT2D eigenvalue weighted by Gasteiger charge is 2.21. The lowest BCUT2D eigenvalue weighted by Crippen LogP contribution is -2.32. The number of carbonyl (C=O) groups excluding carboxylic acids is 1. The topological polar surface area (TPSA) is 59.3 Å². The maximum atomic E-state index is 13.0. The SMILES string of the molecule is CC(C)CC(NC(=O)Cc1ccc(F)cc1)c1nnc2ccccn12. The number of hydrogen-bond acceptors (Lipinski definition) is 3. The standard InChI is InChI=1S/C19H21FN4O/c1-13(2)11-16(19-23-22-17-5-3-4-10-24(17)19)21-18(25)12-14-6-8-15(20)9-7-14/h3-10,13,16H,11-12H2,1-2H3,(H,21,25). The second-order valence-corrected chi connectivity index (χ2v) is 6.54. The quantitative estimate of drug-likeness (QED) is 0.749. The van der Waals surface area contributed by atoms with Gasteiger partial charge in [-0.1, -0.05) is 32.0 Å². The van der Waals surface area contributed by atoms with Crippen molar-refractivity contribution >= 4 is 11.6 Å². The number of nitrogens with zero attached hydrogens (tertiary/aromatic N) is 3. The molecular weight excluding hydrogens is 319 g/mol. The minimum absolute atomic E-state index is 0.120.